The fourth-order valence-corrected chi connectivity index (χ4v) is 3.79. The zero-order valence-corrected chi connectivity index (χ0v) is 10.1. The molecule has 0 radical (unpaired) electrons. The molecule has 0 aliphatic heterocycles. The molecule has 1 aliphatic carbocycles. The van der Waals surface area contributed by atoms with Gasteiger partial charge in [0.2, 0.25) is 0 Å². The third-order valence-corrected chi connectivity index (χ3v) is 4.64. The summed E-state index contributed by atoms with van der Waals surface area (Å²) in [6.07, 6.45) is 2.46. The number of ketones is 1. The molecule has 82 valence electrons. The van der Waals surface area contributed by atoms with E-state index in [1.807, 2.05) is 0 Å². The highest BCUT2D eigenvalue weighted by molar-refractivity contribution is 7.17. The van der Waals surface area contributed by atoms with E-state index in [2.05, 4.69) is 36.6 Å². The van der Waals surface area contributed by atoms with Crippen LogP contribution < -0.4 is 0 Å². The van der Waals surface area contributed by atoms with Crippen LogP contribution in [0.2, 0.25) is 0 Å². The van der Waals surface area contributed by atoms with Crippen molar-refractivity contribution in [3.05, 3.63) is 35.2 Å². The number of thiophene rings is 1. The van der Waals surface area contributed by atoms with Crippen molar-refractivity contribution < 1.29 is 4.79 Å². The van der Waals surface area contributed by atoms with E-state index in [1.54, 1.807) is 11.3 Å². The molecule has 0 bridgehead atoms. The lowest BCUT2D eigenvalue weighted by molar-refractivity contribution is -0.117. The number of hydrogen-bond donors (Lipinski definition) is 0. The first-order chi connectivity index (χ1) is 7.69. The van der Waals surface area contributed by atoms with E-state index in [-0.39, 0.29) is 5.41 Å². The molecule has 0 spiro atoms. The summed E-state index contributed by atoms with van der Waals surface area (Å²) in [4.78, 5) is 11.5. The molecular formula is C14H14OS. The summed E-state index contributed by atoms with van der Waals surface area (Å²) in [5.41, 5.74) is 1.44. The zero-order valence-electron chi connectivity index (χ0n) is 9.32. The molecule has 0 amide bonds. The highest BCUT2D eigenvalue weighted by Gasteiger charge is 2.36. The number of Topliss-reactive ketones (excluding diaryl/α,β-unsaturated/α-hetero) is 1. The van der Waals surface area contributed by atoms with Crippen molar-refractivity contribution in [2.45, 2.75) is 31.6 Å². The summed E-state index contributed by atoms with van der Waals surface area (Å²) in [6, 6.07) is 8.61. The van der Waals surface area contributed by atoms with Gasteiger partial charge in [-0.1, -0.05) is 25.1 Å². The number of carbonyl (C=O) groups excluding carboxylic acids is 1. The third kappa shape index (κ3) is 1.40. The fourth-order valence-electron chi connectivity index (χ4n) is 2.73. The molecule has 1 unspecified atom stereocenters. The number of carbonyl (C=O) groups is 1. The molecule has 0 N–H and O–H groups in total. The molecule has 2 aromatic rings. The van der Waals surface area contributed by atoms with Crippen LogP contribution in [0.15, 0.2) is 29.6 Å². The van der Waals surface area contributed by atoms with Crippen LogP contribution in [0.3, 0.4) is 0 Å². The summed E-state index contributed by atoms with van der Waals surface area (Å²) in [7, 11) is 0. The predicted molar refractivity (Wildman–Crippen MR) is 68.0 cm³/mol. The molecule has 1 heterocycles. The zero-order chi connectivity index (χ0) is 11.2. The molecule has 1 fully saturated rings. The van der Waals surface area contributed by atoms with Gasteiger partial charge >= 0.3 is 0 Å². The van der Waals surface area contributed by atoms with E-state index in [4.69, 9.17) is 0 Å². The molecule has 1 aliphatic rings. The molecule has 16 heavy (non-hydrogen) atoms. The normalized spacial score (nSPS) is 25.4. The molecule has 3 rings (SSSR count). The topological polar surface area (TPSA) is 17.1 Å². The first-order valence-electron chi connectivity index (χ1n) is 5.67. The lowest BCUT2D eigenvalue weighted by atomic mass is 9.80. The maximum atomic E-state index is 11.5. The Morgan fingerprint density at radius 2 is 2.19 bits per heavy atom. The van der Waals surface area contributed by atoms with Crippen molar-refractivity contribution in [1.82, 2.24) is 0 Å². The SMILES string of the molecule is CC1(c2cccc3ccsc23)CCC(=O)C1. The summed E-state index contributed by atoms with van der Waals surface area (Å²) >= 11 is 1.79. The van der Waals surface area contributed by atoms with Crippen LogP contribution in [-0.2, 0) is 10.2 Å². The Bertz CT molecular complexity index is 555. The molecule has 1 aromatic heterocycles. The van der Waals surface area contributed by atoms with E-state index in [1.165, 1.54) is 15.6 Å². The molecule has 1 nitrogen and oxygen atoms in total. The van der Waals surface area contributed by atoms with Crippen molar-refractivity contribution >= 4 is 27.2 Å². The Morgan fingerprint density at radius 3 is 2.94 bits per heavy atom. The average molecular weight is 230 g/mol. The lowest BCUT2D eigenvalue weighted by Crippen LogP contribution is -2.17. The van der Waals surface area contributed by atoms with Gasteiger partial charge in [0.15, 0.2) is 0 Å². The smallest absolute Gasteiger partial charge is 0.133 e. The van der Waals surface area contributed by atoms with Crippen LogP contribution >= 0.6 is 11.3 Å². The van der Waals surface area contributed by atoms with Gasteiger partial charge in [-0.2, -0.15) is 0 Å². The average Bonchev–Trinajstić information content (AvgIpc) is 2.85. The maximum Gasteiger partial charge on any atom is 0.133 e. The minimum atomic E-state index is 0.0709. The first-order valence-corrected chi connectivity index (χ1v) is 6.55. The Kier molecular flexibility index (Phi) is 2.15. The minimum absolute atomic E-state index is 0.0709. The molecule has 1 saturated carbocycles. The summed E-state index contributed by atoms with van der Waals surface area (Å²) in [5.74, 6) is 0.413. The van der Waals surface area contributed by atoms with Gasteiger partial charge in [-0.15, -0.1) is 11.3 Å². The van der Waals surface area contributed by atoms with E-state index < -0.39 is 0 Å². The standard InChI is InChI=1S/C14H14OS/c1-14(7-5-11(15)9-14)12-4-2-3-10-6-8-16-13(10)12/h2-4,6,8H,5,7,9H2,1H3. The minimum Gasteiger partial charge on any atom is -0.300 e. The molecule has 0 saturated heterocycles. The van der Waals surface area contributed by atoms with Crippen LogP contribution in [0.4, 0.5) is 0 Å². The number of rotatable bonds is 1. The van der Waals surface area contributed by atoms with Crippen LogP contribution in [-0.4, -0.2) is 5.78 Å². The van der Waals surface area contributed by atoms with Gasteiger partial charge in [0.1, 0.15) is 5.78 Å². The second-order valence-electron chi connectivity index (χ2n) is 4.92. The fraction of sp³-hybridized carbons (Fsp3) is 0.357. The van der Waals surface area contributed by atoms with Crippen LogP contribution in [0.1, 0.15) is 31.7 Å². The van der Waals surface area contributed by atoms with Crippen LogP contribution in [0.5, 0.6) is 0 Å². The largest absolute Gasteiger partial charge is 0.300 e. The van der Waals surface area contributed by atoms with Crippen molar-refractivity contribution in [2.75, 3.05) is 0 Å². The quantitative estimate of drug-likeness (QED) is 0.726. The Hall–Kier alpha value is -1.15. The summed E-state index contributed by atoms with van der Waals surface area (Å²) in [5, 5.41) is 3.44. The van der Waals surface area contributed by atoms with Gasteiger partial charge in [-0.3, -0.25) is 4.79 Å². The van der Waals surface area contributed by atoms with Crippen molar-refractivity contribution in [3.63, 3.8) is 0 Å². The Balaban J connectivity index is 2.18. The number of hydrogen-bond acceptors (Lipinski definition) is 2. The van der Waals surface area contributed by atoms with Gasteiger partial charge in [0, 0.05) is 23.0 Å². The highest BCUT2D eigenvalue weighted by atomic mass is 32.1. The van der Waals surface area contributed by atoms with Gasteiger partial charge in [-0.25, -0.2) is 0 Å². The molecular weight excluding hydrogens is 216 g/mol. The van der Waals surface area contributed by atoms with E-state index in [9.17, 15) is 4.79 Å². The van der Waals surface area contributed by atoms with E-state index in [0.717, 1.165) is 12.8 Å². The predicted octanol–water partition coefficient (Wildman–Crippen LogP) is 3.91. The second-order valence-corrected chi connectivity index (χ2v) is 5.84. The van der Waals surface area contributed by atoms with E-state index in [0.29, 0.717) is 12.2 Å². The van der Waals surface area contributed by atoms with Crippen molar-refractivity contribution in [2.24, 2.45) is 0 Å². The molecule has 2 heteroatoms. The highest BCUT2D eigenvalue weighted by Crippen LogP contribution is 2.43. The Labute approximate surface area is 99.1 Å². The second kappa shape index (κ2) is 3.42. The third-order valence-electron chi connectivity index (χ3n) is 3.67. The van der Waals surface area contributed by atoms with Gasteiger partial charge in [0.25, 0.3) is 0 Å². The monoisotopic (exact) mass is 230 g/mol. The Morgan fingerprint density at radius 1 is 1.31 bits per heavy atom. The lowest BCUT2D eigenvalue weighted by Gasteiger charge is -2.23. The molecule has 1 atom stereocenters. The van der Waals surface area contributed by atoms with Gasteiger partial charge in [-0.05, 0) is 28.8 Å². The number of fused-ring (bicyclic) bond motifs is 1. The summed E-state index contributed by atoms with van der Waals surface area (Å²) in [6.45, 7) is 2.23. The molecule has 1 aromatic carbocycles. The van der Waals surface area contributed by atoms with Crippen molar-refractivity contribution in [3.8, 4) is 0 Å². The first kappa shape index (κ1) is 10.0. The van der Waals surface area contributed by atoms with Crippen molar-refractivity contribution in [1.29, 1.82) is 0 Å². The number of benzene rings is 1. The maximum absolute atomic E-state index is 11.5. The summed E-state index contributed by atoms with van der Waals surface area (Å²) < 4.78 is 1.36. The van der Waals surface area contributed by atoms with Gasteiger partial charge in [0.05, 0.1) is 0 Å². The van der Waals surface area contributed by atoms with E-state index >= 15 is 0 Å². The van der Waals surface area contributed by atoms with Crippen LogP contribution in [0, 0.1) is 0 Å². The van der Waals surface area contributed by atoms with Gasteiger partial charge < -0.3 is 0 Å². The van der Waals surface area contributed by atoms with Crippen LogP contribution in [0.25, 0.3) is 10.1 Å².